The first-order valence-electron chi connectivity index (χ1n) is 3.56. The summed E-state index contributed by atoms with van der Waals surface area (Å²) < 4.78 is 0. The van der Waals surface area contributed by atoms with Crippen molar-refractivity contribution in [2.75, 3.05) is 0 Å². The number of aliphatic carboxylic acids is 1. The van der Waals surface area contributed by atoms with Gasteiger partial charge in [0, 0.05) is 6.42 Å². The summed E-state index contributed by atoms with van der Waals surface area (Å²) in [5, 5.41) is 8.38. The predicted molar refractivity (Wildman–Crippen MR) is 42.9 cm³/mol. The van der Waals surface area contributed by atoms with E-state index in [1.165, 1.54) is 0 Å². The van der Waals surface area contributed by atoms with Gasteiger partial charge in [0.1, 0.15) is 6.04 Å². The van der Waals surface area contributed by atoms with Crippen LogP contribution in [0.3, 0.4) is 0 Å². The molecule has 62 valence electrons. The Balaban J connectivity index is 3.36. The van der Waals surface area contributed by atoms with Gasteiger partial charge in [0.15, 0.2) is 0 Å². The third kappa shape index (κ3) is 5.43. The van der Waals surface area contributed by atoms with E-state index in [2.05, 4.69) is 11.8 Å². The Hall–Kier alpha value is -1.01. The van der Waals surface area contributed by atoms with Crippen LogP contribution in [0.1, 0.15) is 26.2 Å². The first-order valence-corrected chi connectivity index (χ1v) is 3.56. The summed E-state index contributed by atoms with van der Waals surface area (Å²) in [6, 6.07) is -0.728. The van der Waals surface area contributed by atoms with Crippen LogP contribution in [-0.2, 0) is 4.79 Å². The second-order valence-corrected chi connectivity index (χ2v) is 2.26. The molecule has 11 heavy (non-hydrogen) atoms. The van der Waals surface area contributed by atoms with Crippen molar-refractivity contribution in [3.63, 3.8) is 0 Å². The molecule has 0 aromatic carbocycles. The molecule has 0 aliphatic carbocycles. The van der Waals surface area contributed by atoms with E-state index >= 15 is 0 Å². The number of nitrogens with two attached hydrogens (primary N) is 1. The second-order valence-electron chi connectivity index (χ2n) is 2.26. The molecule has 0 heterocycles. The smallest absolute Gasteiger partial charge is 0.320 e. The molecular formula is C8H13NO2. The standard InChI is InChI=1S/C8H13NO2/c1-2-3-4-5-6-7(9)8(10)11/h7H,4-6,9H2,1H3,(H,10,11)/t7-/m1/s1. The molecule has 0 saturated carbocycles. The molecule has 0 aliphatic rings. The van der Waals surface area contributed by atoms with Gasteiger partial charge in [-0.25, -0.2) is 0 Å². The van der Waals surface area contributed by atoms with E-state index in [4.69, 9.17) is 10.8 Å². The van der Waals surface area contributed by atoms with E-state index in [0.717, 1.165) is 12.8 Å². The number of unbranched alkanes of at least 4 members (excludes halogenated alkanes) is 1. The molecule has 0 amide bonds. The van der Waals surface area contributed by atoms with Gasteiger partial charge < -0.3 is 10.8 Å². The van der Waals surface area contributed by atoms with Crippen LogP contribution in [0.4, 0.5) is 0 Å². The highest BCUT2D eigenvalue weighted by Crippen LogP contribution is 1.97. The van der Waals surface area contributed by atoms with Crippen molar-refractivity contribution in [2.45, 2.75) is 32.2 Å². The Kier molecular flexibility index (Phi) is 5.22. The van der Waals surface area contributed by atoms with Gasteiger partial charge in [0.2, 0.25) is 0 Å². The number of hydrogen-bond acceptors (Lipinski definition) is 2. The average Bonchev–Trinajstić information content (AvgIpc) is 1.97. The average molecular weight is 155 g/mol. The van der Waals surface area contributed by atoms with E-state index < -0.39 is 12.0 Å². The molecule has 0 unspecified atom stereocenters. The predicted octanol–water partition coefficient (Wildman–Crippen LogP) is 0.592. The van der Waals surface area contributed by atoms with Gasteiger partial charge in [-0.3, -0.25) is 4.79 Å². The van der Waals surface area contributed by atoms with Crippen molar-refractivity contribution < 1.29 is 9.90 Å². The van der Waals surface area contributed by atoms with Gasteiger partial charge >= 0.3 is 5.97 Å². The Morgan fingerprint density at radius 3 is 2.82 bits per heavy atom. The molecule has 3 nitrogen and oxygen atoms in total. The monoisotopic (exact) mass is 155 g/mol. The third-order valence-corrected chi connectivity index (χ3v) is 1.31. The summed E-state index contributed by atoms with van der Waals surface area (Å²) in [6.45, 7) is 1.76. The summed E-state index contributed by atoms with van der Waals surface area (Å²) in [4.78, 5) is 10.2. The largest absolute Gasteiger partial charge is 0.480 e. The van der Waals surface area contributed by atoms with Crippen LogP contribution < -0.4 is 5.73 Å². The van der Waals surface area contributed by atoms with Crippen LogP contribution in [0.2, 0.25) is 0 Å². The lowest BCUT2D eigenvalue weighted by molar-refractivity contribution is -0.138. The van der Waals surface area contributed by atoms with Gasteiger partial charge in [0.05, 0.1) is 0 Å². The Bertz CT molecular complexity index is 178. The zero-order valence-electron chi connectivity index (χ0n) is 6.63. The first-order chi connectivity index (χ1) is 5.18. The molecule has 3 N–H and O–H groups in total. The van der Waals surface area contributed by atoms with Gasteiger partial charge in [-0.1, -0.05) is 0 Å². The highest BCUT2D eigenvalue weighted by molar-refractivity contribution is 5.72. The van der Waals surface area contributed by atoms with Crippen molar-refractivity contribution in [3.8, 4) is 11.8 Å². The second kappa shape index (κ2) is 5.75. The summed E-state index contributed by atoms with van der Waals surface area (Å²) >= 11 is 0. The van der Waals surface area contributed by atoms with E-state index in [1.807, 2.05) is 0 Å². The fourth-order valence-electron chi connectivity index (χ4n) is 0.659. The molecule has 0 aliphatic heterocycles. The molecule has 0 saturated heterocycles. The van der Waals surface area contributed by atoms with Crippen LogP contribution in [-0.4, -0.2) is 17.1 Å². The van der Waals surface area contributed by atoms with Crippen LogP contribution in [0.25, 0.3) is 0 Å². The fraction of sp³-hybridized carbons (Fsp3) is 0.625. The lowest BCUT2D eigenvalue weighted by atomic mass is 10.1. The highest BCUT2D eigenvalue weighted by atomic mass is 16.4. The number of carboxylic acid groups (broad SMARTS) is 1. The topological polar surface area (TPSA) is 63.3 Å². The Morgan fingerprint density at radius 1 is 1.73 bits per heavy atom. The molecular weight excluding hydrogens is 142 g/mol. The minimum Gasteiger partial charge on any atom is -0.480 e. The number of hydrogen-bond donors (Lipinski definition) is 2. The minimum absolute atomic E-state index is 0.504. The Labute approximate surface area is 66.6 Å². The van der Waals surface area contributed by atoms with Gasteiger partial charge in [-0.15, -0.1) is 11.8 Å². The Morgan fingerprint density at radius 2 is 2.36 bits per heavy atom. The zero-order chi connectivity index (χ0) is 8.69. The molecule has 0 radical (unpaired) electrons. The zero-order valence-corrected chi connectivity index (χ0v) is 6.63. The lowest BCUT2D eigenvalue weighted by Gasteiger charge is -2.02. The number of rotatable bonds is 4. The van der Waals surface area contributed by atoms with Crippen molar-refractivity contribution in [3.05, 3.63) is 0 Å². The maximum Gasteiger partial charge on any atom is 0.320 e. The summed E-state index contributed by atoms with van der Waals surface area (Å²) in [5.74, 6) is 4.64. The minimum atomic E-state index is -0.936. The number of carboxylic acids is 1. The maximum absolute atomic E-state index is 10.2. The lowest BCUT2D eigenvalue weighted by Crippen LogP contribution is -2.29. The van der Waals surface area contributed by atoms with Crippen molar-refractivity contribution >= 4 is 5.97 Å². The van der Waals surface area contributed by atoms with Crippen LogP contribution in [0.15, 0.2) is 0 Å². The molecule has 0 fully saturated rings. The molecule has 0 rings (SSSR count). The van der Waals surface area contributed by atoms with E-state index in [0.29, 0.717) is 6.42 Å². The summed E-state index contributed by atoms with van der Waals surface area (Å²) in [5.41, 5.74) is 5.25. The van der Waals surface area contributed by atoms with Crippen molar-refractivity contribution in [2.24, 2.45) is 5.73 Å². The third-order valence-electron chi connectivity index (χ3n) is 1.31. The summed E-state index contributed by atoms with van der Waals surface area (Å²) in [7, 11) is 0. The molecule has 3 heteroatoms. The molecule has 1 atom stereocenters. The first kappa shape index (κ1) is 9.99. The van der Waals surface area contributed by atoms with E-state index in [9.17, 15) is 4.79 Å². The van der Waals surface area contributed by atoms with Crippen LogP contribution >= 0.6 is 0 Å². The van der Waals surface area contributed by atoms with Gasteiger partial charge in [-0.2, -0.15) is 0 Å². The van der Waals surface area contributed by atoms with Gasteiger partial charge in [0.25, 0.3) is 0 Å². The molecule has 0 spiro atoms. The summed E-state index contributed by atoms with van der Waals surface area (Å²) in [6.07, 6.45) is 2.00. The SMILES string of the molecule is CC#CCCC[C@@H](N)C(=O)O. The van der Waals surface area contributed by atoms with Gasteiger partial charge in [-0.05, 0) is 19.8 Å². The van der Waals surface area contributed by atoms with Crippen molar-refractivity contribution in [1.29, 1.82) is 0 Å². The van der Waals surface area contributed by atoms with Crippen molar-refractivity contribution in [1.82, 2.24) is 0 Å². The normalized spacial score (nSPS) is 11.5. The highest BCUT2D eigenvalue weighted by Gasteiger charge is 2.09. The number of carbonyl (C=O) groups is 1. The quantitative estimate of drug-likeness (QED) is 0.461. The molecule has 0 aromatic rings. The van der Waals surface area contributed by atoms with Crippen LogP contribution in [0.5, 0.6) is 0 Å². The molecule has 0 aromatic heterocycles. The molecule has 0 bridgehead atoms. The van der Waals surface area contributed by atoms with E-state index in [1.54, 1.807) is 6.92 Å². The van der Waals surface area contributed by atoms with E-state index in [-0.39, 0.29) is 0 Å². The van der Waals surface area contributed by atoms with Crippen LogP contribution in [0, 0.1) is 11.8 Å². The fourth-order valence-corrected chi connectivity index (χ4v) is 0.659. The maximum atomic E-state index is 10.2.